The van der Waals surface area contributed by atoms with E-state index in [0.717, 1.165) is 64.8 Å². The zero-order valence-electron chi connectivity index (χ0n) is 27.5. The van der Waals surface area contributed by atoms with Crippen molar-refractivity contribution in [3.05, 3.63) is 96.5 Å². The van der Waals surface area contributed by atoms with E-state index in [4.69, 9.17) is 4.42 Å². The van der Waals surface area contributed by atoms with Crippen LogP contribution in [0.3, 0.4) is 0 Å². The Morgan fingerprint density at radius 3 is 2.13 bits per heavy atom. The van der Waals surface area contributed by atoms with Gasteiger partial charge in [-0.1, -0.05) is 95.8 Å². The summed E-state index contributed by atoms with van der Waals surface area (Å²) in [6.45, 7) is 14.8. The number of aromatic nitrogens is 2. The van der Waals surface area contributed by atoms with Gasteiger partial charge in [0.05, 0.1) is 5.76 Å². The number of aliphatic hydroxyl groups is 1. The van der Waals surface area contributed by atoms with Gasteiger partial charge in [-0.15, -0.1) is 29.1 Å². The zero-order chi connectivity index (χ0) is 31.9. The van der Waals surface area contributed by atoms with E-state index in [1.54, 1.807) is 6.33 Å². The van der Waals surface area contributed by atoms with Crippen molar-refractivity contribution in [3.8, 4) is 22.7 Å². The monoisotopic (exact) mass is 782 g/mol. The van der Waals surface area contributed by atoms with E-state index in [2.05, 4.69) is 67.1 Å². The van der Waals surface area contributed by atoms with E-state index in [9.17, 15) is 9.90 Å². The Labute approximate surface area is 281 Å². The molecule has 0 saturated heterocycles. The summed E-state index contributed by atoms with van der Waals surface area (Å²) in [5.41, 5.74) is 4.73. The molecule has 6 heteroatoms. The van der Waals surface area contributed by atoms with Gasteiger partial charge in [-0.2, -0.15) is 0 Å². The van der Waals surface area contributed by atoms with Crippen LogP contribution in [-0.2, 0) is 30.3 Å². The fourth-order valence-electron chi connectivity index (χ4n) is 5.52. The molecular weight excluding hydrogens is 737 g/mol. The number of fused-ring (bicyclic) bond motifs is 2. The zero-order valence-corrected chi connectivity index (χ0v) is 29.9. The van der Waals surface area contributed by atoms with Crippen molar-refractivity contribution in [1.29, 1.82) is 0 Å². The van der Waals surface area contributed by atoms with Crippen LogP contribution >= 0.6 is 0 Å². The fourth-order valence-corrected chi connectivity index (χ4v) is 5.52. The molecule has 2 heterocycles. The van der Waals surface area contributed by atoms with Gasteiger partial charge in [-0.05, 0) is 49.3 Å². The Morgan fingerprint density at radius 2 is 1.49 bits per heavy atom. The van der Waals surface area contributed by atoms with E-state index in [-0.39, 0.29) is 48.9 Å². The Hall–Kier alpha value is -3.60. The van der Waals surface area contributed by atoms with E-state index < -0.39 is 0 Å². The third-order valence-corrected chi connectivity index (χ3v) is 8.29. The summed E-state index contributed by atoms with van der Waals surface area (Å²) in [6, 6.07) is 26.1. The van der Waals surface area contributed by atoms with Crippen LogP contribution in [0.15, 0.2) is 89.3 Å². The van der Waals surface area contributed by atoms with Gasteiger partial charge in [-0.25, -0.2) is 4.98 Å². The summed E-state index contributed by atoms with van der Waals surface area (Å²) in [4.78, 5) is 20.7. The molecule has 0 amide bonds. The number of para-hydroxylation sites is 1. The van der Waals surface area contributed by atoms with Crippen molar-refractivity contribution in [2.24, 2.45) is 11.8 Å². The second-order valence-corrected chi connectivity index (χ2v) is 12.3. The van der Waals surface area contributed by atoms with Crippen molar-refractivity contribution in [3.63, 3.8) is 0 Å². The number of rotatable bonds is 9. The number of allylic oxidation sites excluding steroid dienone is 2. The molecule has 0 aliphatic carbocycles. The molecule has 0 aliphatic heterocycles. The molecule has 0 aliphatic rings. The van der Waals surface area contributed by atoms with Gasteiger partial charge < -0.3 is 9.52 Å². The number of carbonyl (C=O) groups excluding carboxylic acids is 1. The van der Waals surface area contributed by atoms with Crippen LogP contribution in [-0.4, -0.2) is 20.9 Å². The van der Waals surface area contributed by atoms with Crippen molar-refractivity contribution >= 4 is 27.5 Å². The molecular formula is C39H45IrN2O3-. The van der Waals surface area contributed by atoms with Gasteiger partial charge in [0.25, 0.3) is 0 Å². The second-order valence-electron chi connectivity index (χ2n) is 12.3. The second kappa shape index (κ2) is 16.1. The molecule has 5 nitrogen and oxygen atoms in total. The Kier molecular flexibility index (Phi) is 12.8. The van der Waals surface area contributed by atoms with Gasteiger partial charge in [0.2, 0.25) is 0 Å². The number of aliphatic hydroxyl groups excluding tert-OH is 1. The van der Waals surface area contributed by atoms with E-state index in [1.165, 1.54) is 17.0 Å². The third kappa shape index (κ3) is 8.77. The maximum atomic E-state index is 11.7. The van der Waals surface area contributed by atoms with E-state index in [0.29, 0.717) is 0 Å². The van der Waals surface area contributed by atoms with E-state index in [1.807, 2.05) is 64.1 Å². The molecule has 3 aromatic carbocycles. The minimum atomic E-state index is 0. The molecule has 5 aromatic rings. The van der Waals surface area contributed by atoms with Gasteiger partial charge in [0.1, 0.15) is 17.6 Å². The van der Waals surface area contributed by atoms with Gasteiger partial charge in [0.15, 0.2) is 11.5 Å². The number of ketones is 1. The molecule has 0 bridgehead atoms. The summed E-state index contributed by atoms with van der Waals surface area (Å²) in [6.07, 6.45) is 6.50. The maximum absolute atomic E-state index is 11.7. The molecule has 45 heavy (non-hydrogen) atoms. The SMILES string of the molecule is CC(C)(C)c1cc(-c2cc(-c3cc4ccccc4o3)ncn2)[c-]c2ccccc12.CCC(CC)C(=O)/C=C(\O)C(CC)CC.[Ir]. The first-order chi connectivity index (χ1) is 21.1. The Morgan fingerprint density at radius 1 is 0.867 bits per heavy atom. The largest absolute Gasteiger partial charge is 0.512 e. The van der Waals surface area contributed by atoms with Crippen molar-refractivity contribution in [2.75, 3.05) is 0 Å². The molecule has 0 saturated carbocycles. The number of nitrogens with zero attached hydrogens (tertiary/aromatic N) is 2. The van der Waals surface area contributed by atoms with Crippen molar-refractivity contribution < 1.29 is 34.4 Å². The minimum Gasteiger partial charge on any atom is -0.512 e. The molecule has 0 atom stereocenters. The van der Waals surface area contributed by atoms with Crippen molar-refractivity contribution in [1.82, 2.24) is 9.97 Å². The van der Waals surface area contributed by atoms with Crippen LogP contribution in [0, 0.1) is 17.9 Å². The summed E-state index contributed by atoms with van der Waals surface area (Å²) in [5, 5.41) is 13.2. The maximum Gasteiger partial charge on any atom is 0.162 e. The average molecular weight is 782 g/mol. The standard InChI is InChI=1S/C26H21N2O.C13H24O2.Ir/c1-26(2,3)21-13-19(12-17-8-4-6-10-20(17)21)22-15-23(28-16-27-22)25-14-18-9-5-7-11-24(18)29-25;1-5-10(6-2)12(14)9-13(15)11(7-3)8-4;/h4-11,13-16H,1-3H3;9-11,14H,5-8H2,1-4H3;/q-1;;/b;12-9-;. The Balaban J connectivity index is 0.000000297. The third-order valence-electron chi connectivity index (χ3n) is 8.29. The van der Waals surface area contributed by atoms with Crippen LogP contribution in [0.4, 0.5) is 0 Å². The fraction of sp³-hybridized carbons (Fsp3) is 0.359. The minimum absolute atomic E-state index is 0. The van der Waals surface area contributed by atoms with Crippen LogP contribution in [0.5, 0.6) is 0 Å². The number of benzene rings is 3. The van der Waals surface area contributed by atoms with Gasteiger partial charge in [-0.3, -0.25) is 9.78 Å². The number of hydrogen-bond donors (Lipinski definition) is 1. The van der Waals surface area contributed by atoms with Crippen LogP contribution in [0.1, 0.15) is 79.7 Å². The number of hydrogen-bond acceptors (Lipinski definition) is 5. The summed E-state index contributed by atoms with van der Waals surface area (Å²) >= 11 is 0. The molecule has 2 aromatic heterocycles. The molecule has 1 N–H and O–H groups in total. The molecule has 1 radical (unpaired) electrons. The van der Waals surface area contributed by atoms with Crippen molar-refractivity contribution in [2.45, 2.75) is 79.6 Å². The van der Waals surface area contributed by atoms with Crippen LogP contribution < -0.4 is 0 Å². The first-order valence-corrected chi connectivity index (χ1v) is 15.8. The summed E-state index contributed by atoms with van der Waals surface area (Å²) in [5.74, 6) is 1.29. The van der Waals surface area contributed by atoms with Crippen LogP contribution in [0.2, 0.25) is 0 Å². The predicted molar refractivity (Wildman–Crippen MR) is 182 cm³/mol. The quantitative estimate of drug-likeness (QED) is 0.0916. The summed E-state index contributed by atoms with van der Waals surface area (Å²) < 4.78 is 5.99. The number of carbonyl (C=O) groups is 1. The van der Waals surface area contributed by atoms with E-state index >= 15 is 0 Å². The Bertz CT molecular complexity index is 1710. The predicted octanol–water partition coefficient (Wildman–Crippen LogP) is 10.7. The first kappa shape index (κ1) is 35.9. The van der Waals surface area contributed by atoms with Gasteiger partial charge in [0, 0.05) is 49.1 Å². The van der Waals surface area contributed by atoms with Gasteiger partial charge >= 0.3 is 0 Å². The molecule has 0 fully saturated rings. The number of furan rings is 1. The average Bonchev–Trinajstić information content (AvgIpc) is 3.46. The molecule has 0 unspecified atom stereocenters. The normalized spacial score (nSPS) is 11.9. The first-order valence-electron chi connectivity index (χ1n) is 15.8. The smallest absolute Gasteiger partial charge is 0.162 e. The topological polar surface area (TPSA) is 76.2 Å². The molecule has 0 spiro atoms. The molecule has 239 valence electrons. The summed E-state index contributed by atoms with van der Waals surface area (Å²) in [7, 11) is 0. The van der Waals surface area contributed by atoms with Crippen LogP contribution in [0.25, 0.3) is 44.5 Å². The molecule has 5 rings (SSSR count).